The third kappa shape index (κ3) is 10.1. The van der Waals surface area contributed by atoms with Crippen LogP contribution in [0.15, 0.2) is 4.99 Å². The first-order valence-corrected chi connectivity index (χ1v) is 8.22. The number of aliphatic imine (C=N–C) groups is 1. The van der Waals surface area contributed by atoms with Gasteiger partial charge in [-0.2, -0.15) is 13.2 Å². The van der Waals surface area contributed by atoms with Gasteiger partial charge in [0.15, 0.2) is 5.96 Å². The van der Waals surface area contributed by atoms with E-state index in [1.165, 1.54) is 7.05 Å². The second-order valence-electron chi connectivity index (χ2n) is 5.88. The number of nitrogens with zero attached hydrogens (tertiary/aromatic N) is 2. The van der Waals surface area contributed by atoms with E-state index in [-0.39, 0.29) is 6.54 Å². The Labute approximate surface area is 145 Å². The van der Waals surface area contributed by atoms with E-state index in [9.17, 15) is 18.0 Å². The van der Waals surface area contributed by atoms with E-state index in [4.69, 9.17) is 9.47 Å². The summed E-state index contributed by atoms with van der Waals surface area (Å²) in [6.45, 7) is 1.88. The molecule has 1 unspecified atom stereocenters. The van der Waals surface area contributed by atoms with Gasteiger partial charge in [0, 0.05) is 39.8 Å². The van der Waals surface area contributed by atoms with Crippen LogP contribution in [0.25, 0.3) is 0 Å². The molecule has 2 N–H and O–H groups in total. The maximum Gasteiger partial charge on any atom is 0.406 e. The second kappa shape index (κ2) is 11.1. The number of amides is 1. The highest BCUT2D eigenvalue weighted by atomic mass is 19.4. The van der Waals surface area contributed by atoms with E-state index in [1.54, 1.807) is 0 Å². The van der Waals surface area contributed by atoms with E-state index in [0.29, 0.717) is 36.5 Å². The molecule has 10 heteroatoms. The molecule has 7 nitrogen and oxygen atoms in total. The number of likely N-dealkylation sites (N-methyl/N-ethyl adjacent to an activating group) is 1. The maximum absolute atomic E-state index is 12.2. The molecule has 0 aromatic carbocycles. The third-order valence-corrected chi connectivity index (χ3v) is 3.61. The number of alkyl halides is 3. The molecular weight excluding hydrogens is 341 g/mol. The molecule has 1 atom stereocenters. The number of nitrogens with one attached hydrogen (secondary N) is 2. The molecule has 1 aliphatic heterocycles. The van der Waals surface area contributed by atoms with Gasteiger partial charge in [-0.1, -0.05) is 0 Å². The minimum Gasteiger partial charge on any atom is -0.381 e. The van der Waals surface area contributed by atoms with Gasteiger partial charge in [0.2, 0.25) is 5.91 Å². The Bertz CT molecular complexity index is 427. The van der Waals surface area contributed by atoms with Crippen molar-refractivity contribution in [1.29, 1.82) is 0 Å². The van der Waals surface area contributed by atoms with Crippen LogP contribution in [0.1, 0.15) is 12.8 Å². The molecule has 25 heavy (non-hydrogen) atoms. The second-order valence-corrected chi connectivity index (χ2v) is 5.88. The first kappa shape index (κ1) is 21.5. The molecule has 0 spiro atoms. The van der Waals surface area contributed by atoms with Crippen LogP contribution in [0.5, 0.6) is 0 Å². The topological polar surface area (TPSA) is 75.2 Å². The predicted molar refractivity (Wildman–Crippen MR) is 87.4 cm³/mol. The van der Waals surface area contributed by atoms with E-state index in [2.05, 4.69) is 15.6 Å². The van der Waals surface area contributed by atoms with Crippen molar-refractivity contribution < 1.29 is 27.4 Å². The van der Waals surface area contributed by atoms with Crippen LogP contribution in [0, 0.1) is 5.92 Å². The fraction of sp³-hybridized carbons (Fsp3) is 0.867. The smallest absolute Gasteiger partial charge is 0.381 e. The quantitative estimate of drug-likeness (QED) is 0.354. The number of carbonyl (C=O) groups is 1. The highest BCUT2D eigenvalue weighted by molar-refractivity contribution is 5.86. The summed E-state index contributed by atoms with van der Waals surface area (Å²) in [5.41, 5.74) is 0. The fourth-order valence-corrected chi connectivity index (χ4v) is 2.22. The predicted octanol–water partition coefficient (Wildman–Crippen LogP) is 0.615. The molecule has 0 saturated carbocycles. The summed E-state index contributed by atoms with van der Waals surface area (Å²) in [6, 6.07) is 0. The normalized spacial score (nSPS) is 18.3. The molecule has 1 rings (SSSR count). The van der Waals surface area contributed by atoms with Crippen molar-refractivity contribution in [2.24, 2.45) is 10.9 Å². The van der Waals surface area contributed by atoms with E-state index in [0.717, 1.165) is 33.1 Å². The average Bonchev–Trinajstić information content (AvgIpc) is 3.04. The van der Waals surface area contributed by atoms with Crippen molar-refractivity contribution in [3.8, 4) is 0 Å². The van der Waals surface area contributed by atoms with Gasteiger partial charge in [0.1, 0.15) is 6.54 Å². The average molecular weight is 368 g/mol. The lowest BCUT2D eigenvalue weighted by molar-refractivity contribution is -0.157. The molecule has 146 valence electrons. The van der Waals surface area contributed by atoms with Gasteiger partial charge in [-0.05, 0) is 12.8 Å². The number of halogens is 3. The van der Waals surface area contributed by atoms with Crippen molar-refractivity contribution in [3.05, 3.63) is 0 Å². The van der Waals surface area contributed by atoms with Crippen molar-refractivity contribution >= 4 is 11.9 Å². The summed E-state index contributed by atoms with van der Waals surface area (Å²) < 4.78 is 47.5. The number of ether oxygens (including phenoxy) is 2. The zero-order valence-corrected chi connectivity index (χ0v) is 14.7. The summed E-state index contributed by atoms with van der Waals surface area (Å²) in [6.07, 6.45) is -2.63. The van der Waals surface area contributed by atoms with Gasteiger partial charge in [0.25, 0.3) is 0 Å². The molecule has 1 saturated heterocycles. The molecule has 1 amide bonds. The van der Waals surface area contributed by atoms with Crippen LogP contribution >= 0.6 is 0 Å². The Morgan fingerprint density at radius 3 is 2.76 bits per heavy atom. The highest BCUT2D eigenvalue weighted by Crippen LogP contribution is 2.15. The minimum atomic E-state index is -4.41. The Balaban J connectivity index is 2.10. The summed E-state index contributed by atoms with van der Waals surface area (Å²) in [5.74, 6) is 0.169. The highest BCUT2D eigenvalue weighted by Gasteiger charge is 2.31. The van der Waals surface area contributed by atoms with Gasteiger partial charge < -0.3 is 25.0 Å². The monoisotopic (exact) mass is 368 g/mol. The standard InChI is InChI=1S/C15H27F3N4O3/c1-19-14(21-8-13(23)22(2)11-15(16,17)18)20-5-3-6-24-9-12-4-7-25-10-12/h12H,3-11H2,1-2H3,(H2,19,20,21). The molecule has 1 fully saturated rings. The largest absolute Gasteiger partial charge is 0.406 e. The van der Waals surface area contributed by atoms with Crippen molar-refractivity contribution in [2.45, 2.75) is 19.0 Å². The summed E-state index contributed by atoms with van der Waals surface area (Å²) in [4.78, 5) is 16.2. The van der Waals surface area contributed by atoms with Gasteiger partial charge in [-0.15, -0.1) is 0 Å². The van der Waals surface area contributed by atoms with Crippen molar-refractivity contribution in [1.82, 2.24) is 15.5 Å². The third-order valence-electron chi connectivity index (χ3n) is 3.61. The summed E-state index contributed by atoms with van der Waals surface area (Å²) >= 11 is 0. The van der Waals surface area contributed by atoms with Crippen molar-refractivity contribution in [3.63, 3.8) is 0 Å². The Morgan fingerprint density at radius 2 is 2.16 bits per heavy atom. The van der Waals surface area contributed by atoms with Crippen LogP contribution in [-0.2, 0) is 14.3 Å². The maximum atomic E-state index is 12.2. The Morgan fingerprint density at radius 1 is 1.40 bits per heavy atom. The van der Waals surface area contributed by atoms with Crippen LogP contribution in [0.4, 0.5) is 13.2 Å². The SMILES string of the molecule is CN=C(NCCCOCC1CCOC1)NCC(=O)N(C)CC(F)(F)F. The number of rotatable bonds is 9. The molecule has 0 aromatic rings. The number of carbonyl (C=O) groups excluding carboxylic acids is 1. The van der Waals surface area contributed by atoms with Crippen molar-refractivity contribution in [2.75, 3.05) is 60.2 Å². The zero-order valence-electron chi connectivity index (χ0n) is 14.7. The minimum absolute atomic E-state index is 0.259. The molecule has 0 aliphatic carbocycles. The number of hydrogen-bond acceptors (Lipinski definition) is 4. The Kier molecular flexibility index (Phi) is 9.58. The Hall–Kier alpha value is -1.55. The van der Waals surface area contributed by atoms with E-state index < -0.39 is 18.6 Å². The lowest BCUT2D eigenvalue weighted by Crippen LogP contribution is -2.45. The van der Waals surface area contributed by atoms with Gasteiger partial charge in [-0.3, -0.25) is 9.79 Å². The first-order valence-electron chi connectivity index (χ1n) is 8.22. The van der Waals surface area contributed by atoms with E-state index >= 15 is 0 Å². The molecule has 0 bridgehead atoms. The fourth-order valence-electron chi connectivity index (χ4n) is 2.22. The lowest BCUT2D eigenvalue weighted by atomic mass is 10.1. The zero-order chi connectivity index (χ0) is 18.7. The summed E-state index contributed by atoms with van der Waals surface area (Å²) in [7, 11) is 2.64. The lowest BCUT2D eigenvalue weighted by Gasteiger charge is -2.20. The van der Waals surface area contributed by atoms with Gasteiger partial charge in [-0.25, -0.2) is 0 Å². The molecular formula is C15H27F3N4O3. The van der Waals surface area contributed by atoms with Crippen LogP contribution in [-0.4, -0.2) is 83.1 Å². The van der Waals surface area contributed by atoms with E-state index in [1.807, 2.05) is 0 Å². The molecule has 1 heterocycles. The molecule has 1 aliphatic rings. The number of guanidine groups is 1. The molecule has 0 radical (unpaired) electrons. The van der Waals surface area contributed by atoms with Crippen LogP contribution < -0.4 is 10.6 Å². The molecule has 0 aromatic heterocycles. The van der Waals surface area contributed by atoms with Crippen LogP contribution in [0.3, 0.4) is 0 Å². The number of hydrogen-bond donors (Lipinski definition) is 2. The van der Waals surface area contributed by atoms with Gasteiger partial charge >= 0.3 is 6.18 Å². The first-order chi connectivity index (χ1) is 11.8. The van der Waals surface area contributed by atoms with Crippen LogP contribution in [0.2, 0.25) is 0 Å². The summed E-state index contributed by atoms with van der Waals surface area (Å²) in [5, 5.41) is 5.68. The van der Waals surface area contributed by atoms with Gasteiger partial charge in [0.05, 0.1) is 19.8 Å².